The summed E-state index contributed by atoms with van der Waals surface area (Å²) in [6.45, 7) is 12.4. The fourth-order valence-electron chi connectivity index (χ4n) is 3.64. The highest BCUT2D eigenvalue weighted by atomic mass is 16.3. The summed E-state index contributed by atoms with van der Waals surface area (Å²) in [7, 11) is 0. The lowest BCUT2D eigenvalue weighted by Gasteiger charge is -2.44. The van der Waals surface area contributed by atoms with Gasteiger partial charge < -0.3 is 5.11 Å². The van der Waals surface area contributed by atoms with E-state index in [-0.39, 0.29) is 0 Å². The zero-order valence-corrected chi connectivity index (χ0v) is 9.87. The minimum Gasteiger partial charge on any atom is -0.385 e. The van der Waals surface area contributed by atoms with E-state index in [9.17, 15) is 5.11 Å². The second-order valence-electron chi connectivity index (χ2n) is 5.67. The Kier molecular flexibility index (Phi) is 2.54. The molecule has 84 valence electrons. The van der Waals surface area contributed by atoms with Crippen molar-refractivity contribution in [1.82, 2.24) is 0 Å². The maximum absolute atomic E-state index is 10.5. The summed E-state index contributed by atoms with van der Waals surface area (Å²) in [5.74, 6) is 2.38. The molecule has 2 fully saturated rings. The van der Waals surface area contributed by atoms with Gasteiger partial charge in [0.25, 0.3) is 0 Å². The largest absolute Gasteiger partial charge is 0.385 e. The Morgan fingerprint density at radius 2 is 2.07 bits per heavy atom. The number of fused-ring (bicyclic) bond motifs is 1. The highest BCUT2D eigenvalue weighted by Gasteiger charge is 2.48. The molecule has 1 heteroatoms. The summed E-state index contributed by atoms with van der Waals surface area (Å²) < 4.78 is 0. The first-order chi connectivity index (χ1) is 6.98. The minimum absolute atomic E-state index is 0.329. The third kappa shape index (κ3) is 1.57. The van der Waals surface area contributed by atoms with Crippen molar-refractivity contribution in [3.8, 4) is 0 Å². The Bertz CT molecular complexity index is 294. The second kappa shape index (κ2) is 3.48. The van der Waals surface area contributed by atoms with E-state index >= 15 is 0 Å². The molecule has 0 heterocycles. The lowest BCUT2D eigenvalue weighted by Crippen LogP contribution is -2.45. The monoisotopic (exact) mass is 206 g/mol. The molecule has 5 unspecified atom stereocenters. The second-order valence-corrected chi connectivity index (χ2v) is 5.67. The molecule has 0 amide bonds. The van der Waals surface area contributed by atoms with Crippen molar-refractivity contribution in [2.45, 2.75) is 38.7 Å². The molecule has 0 aromatic heterocycles. The first-order valence-electron chi connectivity index (χ1n) is 6.01. The quantitative estimate of drug-likeness (QED) is 0.653. The number of aliphatic hydroxyl groups is 1. The maximum Gasteiger partial charge on any atom is 0.0890 e. The highest BCUT2D eigenvalue weighted by Crippen LogP contribution is 2.53. The van der Waals surface area contributed by atoms with Crippen LogP contribution in [0.5, 0.6) is 0 Å². The molecule has 0 aromatic carbocycles. The van der Waals surface area contributed by atoms with Gasteiger partial charge in [-0.2, -0.15) is 0 Å². The maximum atomic E-state index is 10.5. The highest BCUT2D eigenvalue weighted by molar-refractivity contribution is 5.21. The van der Waals surface area contributed by atoms with Gasteiger partial charge in [0.05, 0.1) is 5.60 Å². The van der Waals surface area contributed by atoms with Crippen molar-refractivity contribution in [3.63, 3.8) is 0 Å². The van der Waals surface area contributed by atoms with Gasteiger partial charge in [-0.3, -0.25) is 0 Å². The van der Waals surface area contributed by atoms with E-state index in [0.29, 0.717) is 24.2 Å². The summed E-state index contributed by atoms with van der Waals surface area (Å²) in [6.07, 6.45) is 4.94. The number of hydrogen-bond acceptors (Lipinski definition) is 1. The summed E-state index contributed by atoms with van der Waals surface area (Å²) in [4.78, 5) is 0. The Labute approximate surface area is 92.9 Å². The van der Waals surface area contributed by atoms with E-state index in [1.807, 2.05) is 0 Å². The van der Waals surface area contributed by atoms with Gasteiger partial charge >= 0.3 is 0 Å². The molecular weight excluding hydrogens is 184 g/mol. The van der Waals surface area contributed by atoms with Crippen molar-refractivity contribution in [2.75, 3.05) is 0 Å². The Hall–Kier alpha value is -0.560. The van der Waals surface area contributed by atoms with Crippen LogP contribution in [0.3, 0.4) is 0 Å². The molecule has 2 saturated carbocycles. The van der Waals surface area contributed by atoms with Crippen LogP contribution in [-0.4, -0.2) is 10.7 Å². The molecule has 0 spiro atoms. The van der Waals surface area contributed by atoms with Gasteiger partial charge in [0, 0.05) is 6.42 Å². The standard InChI is InChI=1S/C14H22O/c1-5-14(15)8-10(3)12-6-9(2)7-13(12)11(14)4/h5,9,11-13,15H,1,3,6-8H2,2,4H3. The van der Waals surface area contributed by atoms with E-state index < -0.39 is 5.60 Å². The summed E-state index contributed by atoms with van der Waals surface area (Å²) >= 11 is 0. The van der Waals surface area contributed by atoms with Gasteiger partial charge in [0.2, 0.25) is 0 Å². The molecule has 0 aromatic rings. The molecule has 2 rings (SSSR count). The lowest BCUT2D eigenvalue weighted by atomic mass is 9.64. The normalized spacial score (nSPS) is 50.2. The predicted octanol–water partition coefficient (Wildman–Crippen LogP) is 3.16. The average molecular weight is 206 g/mol. The molecule has 15 heavy (non-hydrogen) atoms. The van der Waals surface area contributed by atoms with Gasteiger partial charge in [-0.1, -0.05) is 32.1 Å². The molecule has 0 saturated heterocycles. The van der Waals surface area contributed by atoms with Crippen LogP contribution >= 0.6 is 0 Å². The molecule has 1 N–H and O–H groups in total. The van der Waals surface area contributed by atoms with Crippen LogP contribution in [0.25, 0.3) is 0 Å². The third-order valence-electron chi connectivity index (χ3n) is 4.67. The molecular formula is C14H22O. The topological polar surface area (TPSA) is 20.2 Å². The Morgan fingerprint density at radius 1 is 1.40 bits per heavy atom. The zero-order chi connectivity index (χ0) is 11.2. The van der Waals surface area contributed by atoms with Crippen LogP contribution in [0.2, 0.25) is 0 Å². The third-order valence-corrected chi connectivity index (χ3v) is 4.67. The molecule has 2 aliphatic rings. The number of hydrogen-bond donors (Lipinski definition) is 1. The van der Waals surface area contributed by atoms with Crippen LogP contribution < -0.4 is 0 Å². The minimum atomic E-state index is -0.706. The smallest absolute Gasteiger partial charge is 0.0890 e. The lowest BCUT2D eigenvalue weighted by molar-refractivity contribution is -0.0182. The average Bonchev–Trinajstić information content (AvgIpc) is 2.57. The molecule has 0 radical (unpaired) electrons. The first kappa shape index (κ1) is 10.9. The van der Waals surface area contributed by atoms with E-state index in [1.54, 1.807) is 6.08 Å². The number of rotatable bonds is 1. The van der Waals surface area contributed by atoms with Gasteiger partial charge in [0.1, 0.15) is 0 Å². The van der Waals surface area contributed by atoms with E-state index in [0.717, 1.165) is 5.92 Å². The van der Waals surface area contributed by atoms with Gasteiger partial charge in [-0.05, 0) is 36.5 Å². The molecule has 2 aliphatic carbocycles. The Balaban J connectivity index is 2.28. The van der Waals surface area contributed by atoms with Gasteiger partial charge in [-0.25, -0.2) is 0 Å². The fourth-order valence-corrected chi connectivity index (χ4v) is 3.64. The van der Waals surface area contributed by atoms with E-state index in [4.69, 9.17) is 0 Å². The summed E-state index contributed by atoms with van der Waals surface area (Å²) in [5, 5.41) is 10.5. The fraction of sp³-hybridized carbons (Fsp3) is 0.714. The Morgan fingerprint density at radius 3 is 2.67 bits per heavy atom. The van der Waals surface area contributed by atoms with Crippen molar-refractivity contribution >= 4 is 0 Å². The van der Waals surface area contributed by atoms with Crippen LogP contribution in [-0.2, 0) is 0 Å². The van der Waals surface area contributed by atoms with Crippen molar-refractivity contribution in [3.05, 3.63) is 24.8 Å². The van der Waals surface area contributed by atoms with Crippen LogP contribution in [0.4, 0.5) is 0 Å². The van der Waals surface area contributed by atoms with E-state index in [2.05, 4.69) is 27.0 Å². The molecule has 0 bridgehead atoms. The predicted molar refractivity (Wildman–Crippen MR) is 63.4 cm³/mol. The van der Waals surface area contributed by atoms with Gasteiger partial charge in [-0.15, -0.1) is 6.58 Å². The molecule has 1 nitrogen and oxygen atoms in total. The van der Waals surface area contributed by atoms with E-state index in [1.165, 1.54) is 18.4 Å². The van der Waals surface area contributed by atoms with Gasteiger partial charge in [0.15, 0.2) is 0 Å². The van der Waals surface area contributed by atoms with Crippen molar-refractivity contribution in [1.29, 1.82) is 0 Å². The van der Waals surface area contributed by atoms with Crippen LogP contribution in [0, 0.1) is 23.7 Å². The first-order valence-corrected chi connectivity index (χ1v) is 6.01. The van der Waals surface area contributed by atoms with Crippen LogP contribution in [0.1, 0.15) is 33.1 Å². The van der Waals surface area contributed by atoms with Crippen molar-refractivity contribution < 1.29 is 5.11 Å². The summed E-state index contributed by atoms with van der Waals surface area (Å²) in [5.41, 5.74) is 0.535. The van der Waals surface area contributed by atoms with Crippen LogP contribution in [0.15, 0.2) is 24.8 Å². The SMILES string of the molecule is C=CC1(O)CC(=C)C2CC(C)CC2C1C. The summed E-state index contributed by atoms with van der Waals surface area (Å²) in [6, 6.07) is 0. The molecule has 5 atom stereocenters. The van der Waals surface area contributed by atoms with Crippen molar-refractivity contribution in [2.24, 2.45) is 23.7 Å². The zero-order valence-electron chi connectivity index (χ0n) is 9.87. The molecule has 0 aliphatic heterocycles.